The lowest BCUT2D eigenvalue weighted by Gasteiger charge is -2.13. The molecule has 1 aromatic heterocycles. The number of benzene rings is 2. The van der Waals surface area contributed by atoms with Gasteiger partial charge in [-0.2, -0.15) is 0 Å². The average Bonchev–Trinajstić information content (AvgIpc) is 3.10. The molecule has 5 heteroatoms. The van der Waals surface area contributed by atoms with E-state index in [0.29, 0.717) is 0 Å². The molecule has 0 bridgehead atoms. The predicted molar refractivity (Wildman–Crippen MR) is 104 cm³/mol. The number of anilines is 1. The zero-order valence-corrected chi connectivity index (χ0v) is 15.2. The molecule has 1 unspecified atom stereocenters. The zero-order chi connectivity index (χ0) is 17.2. The van der Waals surface area contributed by atoms with E-state index in [9.17, 15) is 4.39 Å². The highest BCUT2D eigenvalue weighted by molar-refractivity contribution is 7.99. The van der Waals surface area contributed by atoms with Crippen LogP contribution in [0.1, 0.15) is 15.7 Å². The van der Waals surface area contributed by atoms with Crippen LogP contribution in [0.3, 0.4) is 0 Å². The molecular formula is C20H16FNOS2. The van der Waals surface area contributed by atoms with E-state index in [4.69, 9.17) is 4.74 Å². The smallest absolute Gasteiger partial charge is 0.124 e. The highest BCUT2D eigenvalue weighted by Crippen LogP contribution is 2.45. The van der Waals surface area contributed by atoms with E-state index in [2.05, 4.69) is 35.0 Å². The number of thioether (sulfide) groups is 1. The van der Waals surface area contributed by atoms with Gasteiger partial charge >= 0.3 is 0 Å². The third kappa shape index (κ3) is 3.43. The number of ether oxygens (including phenoxy) is 1. The van der Waals surface area contributed by atoms with Gasteiger partial charge in [-0.15, -0.1) is 23.1 Å². The Kier molecular flexibility index (Phi) is 4.51. The summed E-state index contributed by atoms with van der Waals surface area (Å²) in [7, 11) is 1.66. The van der Waals surface area contributed by atoms with Crippen LogP contribution in [0, 0.1) is 5.82 Å². The van der Waals surface area contributed by atoms with Gasteiger partial charge in [-0.05, 0) is 53.4 Å². The molecule has 4 rings (SSSR count). The summed E-state index contributed by atoms with van der Waals surface area (Å²) in [5, 5.41) is 5.61. The summed E-state index contributed by atoms with van der Waals surface area (Å²) in [6.07, 6.45) is 2.20. The molecule has 0 spiro atoms. The molecule has 1 atom stereocenters. The van der Waals surface area contributed by atoms with Gasteiger partial charge in [-0.25, -0.2) is 4.39 Å². The van der Waals surface area contributed by atoms with Crippen LogP contribution in [-0.4, -0.2) is 7.11 Å². The number of nitrogens with one attached hydrogen (secondary N) is 1. The summed E-state index contributed by atoms with van der Waals surface area (Å²) in [6, 6.07) is 17.0. The predicted octanol–water partition coefficient (Wildman–Crippen LogP) is 6.20. The Morgan fingerprint density at radius 1 is 1.08 bits per heavy atom. The van der Waals surface area contributed by atoms with Gasteiger partial charge in [-0.3, -0.25) is 0 Å². The topological polar surface area (TPSA) is 21.3 Å². The fraction of sp³-hybridized carbons (Fsp3) is 0.100. The summed E-state index contributed by atoms with van der Waals surface area (Å²) in [6.45, 7) is 0. The first-order chi connectivity index (χ1) is 12.2. The number of hydrogen-bond donors (Lipinski definition) is 1. The number of halogens is 1. The zero-order valence-electron chi connectivity index (χ0n) is 13.5. The second kappa shape index (κ2) is 6.94. The lowest BCUT2D eigenvalue weighted by atomic mass is 10.1. The van der Waals surface area contributed by atoms with Crippen LogP contribution in [0.5, 0.6) is 5.75 Å². The lowest BCUT2D eigenvalue weighted by molar-refractivity contribution is 0.414. The molecule has 0 amide bonds. The average molecular weight is 369 g/mol. The molecule has 1 aliphatic heterocycles. The van der Waals surface area contributed by atoms with Gasteiger partial charge in [0.2, 0.25) is 0 Å². The minimum atomic E-state index is -0.221. The number of thiophene rings is 1. The quantitative estimate of drug-likeness (QED) is 0.594. The van der Waals surface area contributed by atoms with Crippen LogP contribution < -0.4 is 10.1 Å². The van der Waals surface area contributed by atoms with Crippen molar-refractivity contribution in [3.05, 3.63) is 82.3 Å². The minimum absolute atomic E-state index is 0.0820. The standard InChI is InChI=1S/C20H16FNOS2/c1-23-15-7-4-13(5-8-15)19-12-17(18-3-2-10-24-18)22-16-9-6-14(21)11-20(16)25-19/h2-12,19,22H,1H3. The van der Waals surface area contributed by atoms with Gasteiger partial charge in [0.05, 0.1) is 28.6 Å². The maximum atomic E-state index is 13.8. The van der Waals surface area contributed by atoms with Crippen LogP contribution in [0.15, 0.2) is 70.9 Å². The Labute approximate surface area is 154 Å². The van der Waals surface area contributed by atoms with Gasteiger partial charge in [0.15, 0.2) is 0 Å². The second-order valence-electron chi connectivity index (χ2n) is 5.63. The van der Waals surface area contributed by atoms with Crippen LogP contribution in [0.2, 0.25) is 0 Å². The largest absolute Gasteiger partial charge is 0.497 e. The van der Waals surface area contributed by atoms with E-state index >= 15 is 0 Å². The first-order valence-electron chi connectivity index (χ1n) is 7.86. The van der Waals surface area contributed by atoms with E-state index in [1.165, 1.54) is 6.07 Å². The molecule has 25 heavy (non-hydrogen) atoms. The molecule has 2 aromatic carbocycles. The second-order valence-corrected chi connectivity index (χ2v) is 7.77. The van der Waals surface area contributed by atoms with Crippen LogP contribution in [0.25, 0.3) is 5.70 Å². The molecule has 0 fully saturated rings. The van der Waals surface area contributed by atoms with Gasteiger partial charge in [0, 0.05) is 4.90 Å². The molecule has 0 saturated heterocycles. The molecule has 2 nitrogen and oxygen atoms in total. The maximum absolute atomic E-state index is 13.8. The Morgan fingerprint density at radius 3 is 2.64 bits per heavy atom. The first-order valence-corrected chi connectivity index (χ1v) is 9.62. The first kappa shape index (κ1) is 16.2. The molecule has 1 N–H and O–H groups in total. The summed E-state index contributed by atoms with van der Waals surface area (Å²) >= 11 is 3.33. The lowest BCUT2D eigenvalue weighted by Crippen LogP contribution is -1.97. The fourth-order valence-corrected chi connectivity index (χ4v) is 4.64. The molecule has 126 valence electrons. The number of methoxy groups -OCH3 is 1. The summed E-state index contributed by atoms with van der Waals surface area (Å²) < 4.78 is 19.0. The van der Waals surface area contributed by atoms with Crippen molar-refractivity contribution in [2.24, 2.45) is 0 Å². The molecule has 0 aliphatic carbocycles. The van der Waals surface area contributed by atoms with Crippen molar-refractivity contribution in [2.75, 3.05) is 12.4 Å². The minimum Gasteiger partial charge on any atom is -0.497 e. The van der Waals surface area contributed by atoms with Crippen LogP contribution in [0.4, 0.5) is 10.1 Å². The maximum Gasteiger partial charge on any atom is 0.124 e. The molecule has 0 radical (unpaired) electrons. The van der Waals surface area contributed by atoms with E-state index in [-0.39, 0.29) is 11.1 Å². The normalized spacial score (nSPS) is 16.4. The Balaban J connectivity index is 1.78. The van der Waals surface area contributed by atoms with Crippen LogP contribution in [-0.2, 0) is 0 Å². The van der Waals surface area contributed by atoms with Crippen molar-refractivity contribution in [1.29, 1.82) is 0 Å². The van der Waals surface area contributed by atoms with Crippen molar-refractivity contribution in [1.82, 2.24) is 0 Å². The molecule has 3 aromatic rings. The molecule has 1 aliphatic rings. The van der Waals surface area contributed by atoms with Crippen molar-refractivity contribution >= 4 is 34.5 Å². The molecule has 2 heterocycles. The molecular weight excluding hydrogens is 353 g/mol. The van der Waals surface area contributed by atoms with Crippen molar-refractivity contribution < 1.29 is 9.13 Å². The third-order valence-electron chi connectivity index (χ3n) is 4.02. The van der Waals surface area contributed by atoms with Gasteiger partial charge in [0.25, 0.3) is 0 Å². The Morgan fingerprint density at radius 2 is 1.92 bits per heavy atom. The van der Waals surface area contributed by atoms with E-state index < -0.39 is 0 Å². The fourth-order valence-electron chi connectivity index (χ4n) is 2.74. The van der Waals surface area contributed by atoms with Gasteiger partial charge in [0.1, 0.15) is 11.6 Å². The summed E-state index contributed by atoms with van der Waals surface area (Å²) in [4.78, 5) is 2.07. The van der Waals surface area contributed by atoms with Gasteiger partial charge < -0.3 is 10.1 Å². The van der Waals surface area contributed by atoms with Crippen molar-refractivity contribution in [3.8, 4) is 5.75 Å². The third-order valence-corrected chi connectivity index (χ3v) is 6.17. The van der Waals surface area contributed by atoms with Gasteiger partial charge in [-0.1, -0.05) is 18.2 Å². The number of rotatable bonds is 3. The monoisotopic (exact) mass is 369 g/mol. The highest BCUT2D eigenvalue weighted by atomic mass is 32.2. The van der Waals surface area contributed by atoms with E-state index in [1.54, 1.807) is 42.3 Å². The van der Waals surface area contributed by atoms with Crippen LogP contribution >= 0.6 is 23.1 Å². The van der Waals surface area contributed by atoms with Crippen molar-refractivity contribution in [2.45, 2.75) is 10.1 Å². The molecule has 0 saturated carbocycles. The Bertz CT molecular complexity index is 904. The SMILES string of the molecule is COc1ccc(C2C=C(c3cccs3)Nc3ccc(F)cc3S2)cc1. The summed E-state index contributed by atoms with van der Waals surface area (Å²) in [5.74, 6) is 0.607. The highest BCUT2D eigenvalue weighted by Gasteiger charge is 2.20. The Hall–Kier alpha value is -2.24. The number of hydrogen-bond acceptors (Lipinski definition) is 4. The van der Waals surface area contributed by atoms with E-state index in [0.717, 1.165) is 32.5 Å². The van der Waals surface area contributed by atoms with E-state index in [1.807, 2.05) is 18.2 Å². The van der Waals surface area contributed by atoms with Crippen molar-refractivity contribution in [3.63, 3.8) is 0 Å². The number of fused-ring (bicyclic) bond motifs is 1. The summed E-state index contributed by atoms with van der Waals surface area (Å²) in [5.41, 5.74) is 3.13.